The molecule has 248 valence electrons. The van der Waals surface area contributed by atoms with Gasteiger partial charge in [-0.2, -0.15) is 0 Å². The van der Waals surface area contributed by atoms with Crippen molar-refractivity contribution in [2.75, 3.05) is 0 Å². The molecule has 0 fully saturated rings. The van der Waals surface area contributed by atoms with Crippen LogP contribution in [0.5, 0.6) is 0 Å². The summed E-state index contributed by atoms with van der Waals surface area (Å²) in [5, 5.41) is 12.9. The second-order valence-electron chi connectivity index (χ2n) is 15.2. The molecule has 0 aliphatic heterocycles. The third kappa shape index (κ3) is 3.63. The number of benzene rings is 9. The van der Waals surface area contributed by atoms with Crippen LogP contribution in [0.3, 0.4) is 0 Å². The Morgan fingerprint density at radius 1 is 0.377 bits per heavy atom. The van der Waals surface area contributed by atoms with Crippen molar-refractivity contribution < 1.29 is 0 Å². The van der Waals surface area contributed by atoms with Gasteiger partial charge in [-0.1, -0.05) is 147 Å². The van der Waals surface area contributed by atoms with E-state index in [2.05, 4.69) is 193 Å². The van der Waals surface area contributed by atoms with Crippen LogP contribution >= 0.6 is 0 Å². The minimum absolute atomic E-state index is 0.218. The highest BCUT2D eigenvalue weighted by molar-refractivity contribution is 6.32. The quantitative estimate of drug-likeness (QED) is 0.162. The van der Waals surface area contributed by atoms with Crippen LogP contribution in [0, 0.1) is 0 Å². The van der Waals surface area contributed by atoms with E-state index in [4.69, 9.17) is 0 Å². The van der Waals surface area contributed by atoms with Crippen LogP contribution in [0.4, 0.5) is 0 Å². The van der Waals surface area contributed by atoms with E-state index in [0.717, 1.165) is 0 Å². The average molecular weight is 675 g/mol. The van der Waals surface area contributed by atoms with E-state index in [-0.39, 0.29) is 5.41 Å². The van der Waals surface area contributed by atoms with E-state index < -0.39 is 0 Å². The zero-order valence-electron chi connectivity index (χ0n) is 29.6. The first-order valence-corrected chi connectivity index (χ1v) is 18.6. The molecule has 53 heavy (non-hydrogen) atoms. The van der Waals surface area contributed by atoms with Gasteiger partial charge in [0.15, 0.2) is 0 Å². The van der Waals surface area contributed by atoms with Crippen LogP contribution in [0.1, 0.15) is 25.0 Å². The van der Waals surface area contributed by atoms with E-state index in [1.165, 1.54) is 110 Å². The first-order valence-electron chi connectivity index (χ1n) is 18.6. The van der Waals surface area contributed by atoms with Crippen molar-refractivity contribution in [3.63, 3.8) is 0 Å². The van der Waals surface area contributed by atoms with Crippen molar-refractivity contribution in [1.82, 2.24) is 9.13 Å². The van der Waals surface area contributed by atoms with E-state index in [1.54, 1.807) is 0 Å². The zero-order valence-corrected chi connectivity index (χ0v) is 29.6. The van der Waals surface area contributed by atoms with Gasteiger partial charge in [-0.3, -0.25) is 0 Å². The highest BCUT2D eigenvalue weighted by Gasteiger charge is 2.41. The van der Waals surface area contributed by atoms with Gasteiger partial charge in [0, 0.05) is 43.9 Å². The molecule has 0 amide bonds. The normalized spacial score (nSPS) is 13.6. The van der Waals surface area contributed by atoms with E-state index in [0.29, 0.717) is 0 Å². The Balaban J connectivity index is 1.35. The van der Waals surface area contributed by atoms with Gasteiger partial charge in [-0.25, -0.2) is 0 Å². The number of para-hydroxylation sites is 3. The van der Waals surface area contributed by atoms with Crippen LogP contribution < -0.4 is 0 Å². The number of fused-ring (bicyclic) bond motifs is 18. The molecular weight excluding hydrogens is 641 g/mol. The van der Waals surface area contributed by atoms with Gasteiger partial charge >= 0.3 is 0 Å². The highest BCUT2D eigenvalue weighted by Crippen LogP contribution is 2.58. The van der Waals surface area contributed by atoms with Gasteiger partial charge in [0.25, 0.3) is 0 Å². The Labute approximate surface area is 306 Å². The van der Waals surface area contributed by atoms with Gasteiger partial charge in [0.1, 0.15) is 0 Å². The van der Waals surface area contributed by atoms with Crippen LogP contribution in [-0.4, -0.2) is 9.13 Å². The van der Waals surface area contributed by atoms with Gasteiger partial charge in [-0.05, 0) is 85.4 Å². The summed E-state index contributed by atoms with van der Waals surface area (Å²) in [6.07, 6.45) is 0. The van der Waals surface area contributed by atoms with Crippen molar-refractivity contribution in [2.45, 2.75) is 19.3 Å². The summed E-state index contributed by atoms with van der Waals surface area (Å²) in [4.78, 5) is 0. The van der Waals surface area contributed by atoms with Crippen LogP contribution in [0.15, 0.2) is 170 Å². The number of nitrogens with zero attached hydrogens (tertiary/aromatic N) is 2. The minimum Gasteiger partial charge on any atom is -0.309 e. The summed E-state index contributed by atoms with van der Waals surface area (Å²) >= 11 is 0. The fraction of sp³-hybridized carbons (Fsp3) is 0.0588. The molecule has 0 saturated carbocycles. The average Bonchev–Trinajstić information content (AvgIpc) is 3.81. The maximum Gasteiger partial charge on any atom is 0.0644 e. The van der Waals surface area contributed by atoms with E-state index in [1.807, 2.05) is 0 Å². The zero-order chi connectivity index (χ0) is 35.0. The van der Waals surface area contributed by atoms with Crippen LogP contribution in [0.2, 0.25) is 0 Å². The molecule has 12 rings (SSSR count). The predicted octanol–water partition coefficient (Wildman–Crippen LogP) is 13.6. The molecule has 2 aromatic heterocycles. The molecule has 11 aromatic rings. The molecule has 2 nitrogen and oxygen atoms in total. The largest absolute Gasteiger partial charge is 0.309 e. The SMILES string of the molecule is CC1(C)c2ccccc2-c2c1c1c3ccccc3n(-c3ccccc3)c1c1c3ccccc3n(-c3ccc4c5ccccc5c5ccccc5c4c3)c21. The lowest BCUT2D eigenvalue weighted by Gasteiger charge is -2.23. The predicted molar refractivity (Wildman–Crippen MR) is 225 cm³/mol. The third-order valence-electron chi connectivity index (χ3n) is 12.2. The molecule has 0 saturated heterocycles. The number of hydrogen-bond donors (Lipinski definition) is 0. The second kappa shape index (κ2) is 10.2. The highest BCUT2D eigenvalue weighted by atomic mass is 15.0. The maximum absolute atomic E-state index is 2.58. The summed E-state index contributed by atoms with van der Waals surface area (Å²) in [6.45, 7) is 4.86. The van der Waals surface area contributed by atoms with Crippen molar-refractivity contribution >= 4 is 75.9 Å². The summed E-state index contributed by atoms with van der Waals surface area (Å²) in [6, 6.07) is 63.1. The fourth-order valence-electron chi connectivity index (χ4n) is 10.1. The summed E-state index contributed by atoms with van der Waals surface area (Å²) in [7, 11) is 0. The fourth-order valence-corrected chi connectivity index (χ4v) is 10.1. The van der Waals surface area contributed by atoms with Gasteiger partial charge < -0.3 is 9.13 Å². The molecule has 0 N–H and O–H groups in total. The van der Waals surface area contributed by atoms with Crippen molar-refractivity contribution in [3.8, 4) is 22.5 Å². The molecule has 2 heteroatoms. The number of aromatic nitrogens is 2. The smallest absolute Gasteiger partial charge is 0.0644 e. The second-order valence-corrected chi connectivity index (χ2v) is 15.2. The van der Waals surface area contributed by atoms with Crippen molar-refractivity contribution in [2.24, 2.45) is 0 Å². The molecule has 0 radical (unpaired) electrons. The van der Waals surface area contributed by atoms with E-state index in [9.17, 15) is 0 Å². The third-order valence-corrected chi connectivity index (χ3v) is 12.2. The molecule has 0 bridgehead atoms. The monoisotopic (exact) mass is 674 g/mol. The van der Waals surface area contributed by atoms with E-state index >= 15 is 0 Å². The lowest BCUT2D eigenvalue weighted by atomic mass is 9.80. The molecule has 1 aliphatic rings. The van der Waals surface area contributed by atoms with Gasteiger partial charge in [0.2, 0.25) is 0 Å². The Kier molecular flexibility index (Phi) is 5.60. The minimum atomic E-state index is -0.218. The first kappa shape index (κ1) is 29.0. The molecule has 0 spiro atoms. The van der Waals surface area contributed by atoms with Crippen molar-refractivity contribution in [1.29, 1.82) is 0 Å². The van der Waals surface area contributed by atoms with Crippen molar-refractivity contribution in [3.05, 3.63) is 181 Å². The summed E-state index contributed by atoms with van der Waals surface area (Å²) in [5.41, 5.74) is 12.6. The molecule has 9 aromatic carbocycles. The number of hydrogen-bond acceptors (Lipinski definition) is 0. The Hall–Kier alpha value is -6.64. The summed E-state index contributed by atoms with van der Waals surface area (Å²) in [5.74, 6) is 0. The Morgan fingerprint density at radius 2 is 0.868 bits per heavy atom. The lowest BCUT2D eigenvalue weighted by molar-refractivity contribution is 0.667. The summed E-state index contributed by atoms with van der Waals surface area (Å²) < 4.78 is 5.11. The van der Waals surface area contributed by atoms with Crippen LogP contribution in [-0.2, 0) is 5.41 Å². The van der Waals surface area contributed by atoms with Gasteiger partial charge in [0.05, 0.1) is 22.1 Å². The molecule has 0 atom stereocenters. The topological polar surface area (TPSA) is 9.86 Å². The molecular formula is C51H34N2. The lowest BCUT2D eigenvalue weighted by Crippen LogP contribution is -2.15. The maximum atomic E-state index is 2.58. The molecule has 2 heterocycles. The molecule has 0 unspecified atom stereocenters. The molecule has 1 aliphatic carbocycles. The van der Waals surface area contributed by atoms with Gasteiger partial charge in [-0.15, -0.1) is 0 Å². The number of rotatable bonds is 2. The Bertz CT molecular complexity index is 3320. The standard InChI is InChI=1S/C51H34N2/c1-51(2)42-25-13-10-22-38(42)45-48(51)46-39-23-11-14-26-43(39)52(31-16-4-3-5-17-31)50(46)47-40-24-12-15-27-44(40)53(49(45)47)32-28-29-37-35-20-7-6-18-33(35)34-19-8-9-21-36(34)41(37)30-32/h3-30H,1-2H3. The first-order chi connectivity index (χ1) is 26.1. The Morgan fingerprint density at radius 3 is 1.53 bits per heavy atom. The van der Waals surface area contributed by atoms with Crippen LogP contribution in [0.25, 0.3) is 98.4 Å².